The molecule has 1 aliphatic rings. The lowest BCUT2D eigenvalue weighted by molar-refractivity contribution is 0.0342. The molecule has 0 spiro atoms. The number of hydrogen-bond acceptors (Lipinski definition) is 5. The van der Waals surface area contributed by atoms with Crippen molar-refractivity contribution in [3.8, 4) is 0 Å². The van der Waals surface area contributed by atoms with E-state index in [1.165, 1.54) is 11.6 Å². The summed E-state index contributed by atoms with van der Waals surface area (Å²) < 4.78 is 34.5. The number of anilines is 1. The highest BCUT2D eigenvalue weighted by Crippen LogP contribution is 2.24. The molecule has 0 atom stereocenters. The third kappa shape index (κ3) is 6.32. The van der Waals surface area contributed by atoms with E-state index in [1.54, 1.807) is 25.1 Å². The van der Waals surface area contributed by atoms with Crippen LogP contribution in [0.3, 0.4) is 0 Å². The smallest absolute Gasteiger partial charge is 0.262 e. The van der Waals surface area contributed by atoms with E-state index in [2.05, 4.69) is 27.1 Å². The van der Waals surface area contributed by atoms with Crippen LogP contribution >= 0.6 is 0 Å². The number of amides is 1. The predicted octanol–water partition coefficient (Wildman–Crippen LogP) is 4.17. The van der Waals surface area contributed by atoms with Gasteiger partial charge in [0.25, 0.3) is 15.9 Å². The summed E-state index contributed by atoms with van der Waals surface area (Å²) in [6.07, 6.45) is 0. The van der Waals surface area contributed by atoms with Crippen molar-refractivity contribution in [2.24, 2.45) is 0 Å². The Morgan fingerprint density at radius 2 is 1.64 bits per heavy atom. The maximum absolute atomic E-state index is 13.2. The van der Waals surface area contributed by atoms with Crippen molar-refractivity contribution < 1.29 is 17.9 Å². The molecular weight excluding hydrogens is 474 g/mol. The predicted molar refractivity (Wildman–Crippen MR) is 142 cm³/mol. The lowest BCUT2D eigenvalue weighted by Gasteiger charge is -2.26. The van der Waals surface area contributed by atoms with Gasteiger partial charge in [-0.15, -0.1) is 0 Å². The summed E-state index contributed by atoms with van der Waals surface area (Å²) in [5.74, 6) is -0.322. The molecule has 1 fully saturated rings. The highest BCUT2D eigenvalue weighted by molar-refractivity contribution is 7.92. The van der Waals surface area contributed by atoms with Crippen molar-refractivity contribution in [2.75, 3.05) is 31.0 Å². The monoisotopic (exact) mass is 507 g/mol. The minimum Gasteiger partial charge on any atom is -0.379 e. The third-order valence-electron chi connectivity index (χ3n) is 6.54. The Labute approximate surface area is 213 Å². The molecule has 3 aromatic carbocycles. The zero-order chi connectivity index (χ0) is 25.7. The first-order chi connectivity index (χ1) is 17.2. The molecule has 1 saturated heterocycles. The van der Waals surface area contributed by atoms with Crippen LogP contribution in [0.4, 0.5) is 5.69 Å². The highest BCUT2D eigenvalue weighted by Gasteiger charge is 2.20. The lowest BCUT2D eigenvalue weighted by Crippen LogP contribution is -2.35. The Kier molecular flexibility index (Phi) is 8.08. The maximum atomic E-state index is 13.2. The zero-order valence-corrected chi connectivity index (χ0v) is 21.8. The first-order valence-corrected chi connectivity index (χ1v) is 13.6. The van der Waals surface area contributed by atoms with E-state index in [1.807, 2.05) is 38.1 Å². The molecule has 0 bridgehead atoms. The molecular formula is C28H33N3O4S. The summed E-state index contributed by atoms with van der Waals surface area (Å²) in [4.78, 5) is 15.4. The molecule has 1 aliphatic heterocycles. The summed E-state index contributed by atoms with van der Waals surface area (Å²) in [5, 5.41) is 2.92. The SMILES string of the molecule is Cc1ccc(C(=O)NCc2cccc(CN3CCOCC3)c2)cc1S(=O)(=O)Nc1cccc(C)c1C. The number of rotatable bonds is 8. The van der Waals surface area contributed by atoms with Crippen LogP contribution < -0.4 is 10.0 Å². The van der Waals surface area contributed by atoms with Gasteiger partial charge in [0.1, 0.15) is 0 Å². The van der Waals surface area contributed by atoms with Gasteiger partial charge in [-0.3, -0.25) is 14.4 Å². The van der Waals surface area contributed by atoms with Crippen LogP contribution in [0.15, 0.2) is 65.6 Å². The molecule has 8 heteroatoms. The average Bonchev–Trinajstić information content (AvgIpc) is 2.86. The second-order valence-electron chi connectivity index (χ2n) is 9.22. The van der Waals surface area contributed by atoms with Gasteiger partial charge < -0.3 is 10.1 Å². The van der Waals surface area contributed by atoms with Gasteiger partial charge in [-0.25, -0.2) is 8.42 Å². The van der Waals surface area contributed by atoms with Crippen molar-refractivity contribution in [2.45, 2.75) is 38.8 Å². The van der Waals surface area contributed by atoms with E-state index in [0.29, 0.717) is 23.4 Å². The van der Waals surface area contributed by atoms with Crippen LogP contribution in [0.1, 0.15) is 38.2 Å². The Morgan fingerprint density at radius 1 is 0.917 bits per heavy atom. The fourth-order valence-corrected chi connectivity index (χ4v) is 5.63. The molecule has 3 aromatic rings. The third-order valence-corrected chi connectivity index (χ3v) is 8.05. The average molecular weight is 508 g/mol. The van der Waals surface area contributed by atoms with Gasteiger partial charge in [-0.05, 0) is 66.8 Å². The van der Waals surface area contributed by atoms with Crippen LogP contribution in [0, 0.1) is 20.8 Å². The van der Waals surface area contributed by atoms with Gasteiger partial charge in [0, 0.05) is 31.7 Å². The molecule has 0 aliphatic carbocycles. The van der Waals surface area contributed by atoms with Crippen LogP contribution in [0.25, 0.3) is 0 Å². The number of sulfonamides is 1. The molecule has 190 valence electrons. The number of carbonyl (C=O) groups is 1. The van der Waals surface area contributed by atoms with Crippen LogP contribution in [0.2, 0.25) is 0 Å². The van der Waals surface area contributed by atoms with Gasteiger partial charge >= 0.3 is 0 Å². The van der Waals surface area contributed by atoms with E-state index >= 15 is 0 Å². The fraction of sp³-hybridized carbons (Fsp3) is 0.321. The van der Waals surface area contributed by atoms with Crippen LogP contribution in [-0.4, -0.2) is 45.5 Å². The van der Waals surface area contributed by atoms with E-state index < -0.39 is 10.0 Å². The molecule has 36 heavy (non-hydrogen) atoms. The first-order valence-electron chi connectivity index (χ1n) is 12.1. The van der Waals surface area contributed by atoms with Gasteiger partial charge in [0.15, 0.2) is 0 Å². The minimum atomic E-state index is -3.87. The Morgan fingerprint density at radius 3 is 2.42 bits per heavy atom. The summed E-state index contributed by atoms with van der Waals surface area (Å²) >= 11 is 0. The molecule has 2 N–H and O–H groups in total. The van der Waals surface area contributed by atoms with E-state index in [0.717, 1.165) is 49.5 Å². The van der Waals surface area contributed by atoms with Crippen molar-refractivity contribution in [3.63, 3.8) is 0 Å². The Hall–Kier alpha value is -3.20. The van der Waals surface area contributed by atoms with E-state index in [4.69, 9.17) is 4.74 Å². The molecule has 0 radical (unpaired) electrons. The standard InChI is InChI=1S/C28H33N3O4S/c1-20-6-4-9-26(22(20)3)30-36(33,34)27-17-25(11-10-21(27)2)28(32)29-18-23-7-5-8-24(16-23)19-31-12-14-35-15-13-31/h4-11,16-17,30H,12-15,18-19H2,1-3H3,(H,29,32). The largest absolute Gasteiger partial charge is 0.379 e. The van der Waals surface area contributed by atoms with E-state index in [9.17, 15) is 13.2 Å². The number of aryl methyl sites for hydroxylation is 2. The Balaban J connectivity index is 1.45. The summed E-state index contributed by atoms with van der Waals surface area (Å²) in [7, 11) is -3.87. The molecule has 4 rings (SSSR count). The fourth-order valence-electron chi connectivity index (χ4n) is 4.23. The molecule has 1 heterocycles. The molecule has 7 nitrogen and oxygen atoms in total. The lowest BCUT2D eigenvalue weighted by atomic mass is 10.1. The molecule has 0 unspecified atom stereocenters. The van der Waals surface area contributed by atoms with Crippen LogP contribution in [-0.2, 0) is 27.8 Å². The summed E-state index contributed by atoms with van der Waals surface area (Å²) in [6, 6.07) is 18.4. The van der Waals surface area contributed by atoms with Gasteiger partial charge in [0.05, 0.1) is 23.8 Å². The molecule has 1 amide bonds. The van der Waals surface area contributed by atoms with Crippen molar-refractivity contribution >= 4 is 21.6 Å². The van der Waals surface area contributed by atoms with E-state index in [-0.39, 0.29) is 10.8 Å². The number of nitrogens with zero attached hydrogens (tertiary/aromatic N) is 1. The number of benzene rings is 3. The van der Waals surface area contributed by atoms with Gasteiger partial charge in [0.2, 0.25) is 0 Å². The number of morpholine rings is 1. The number of hydrogen-bond donors (Lipinski definition) is 2. The quantitative estimate of drug-likeness (QED) is 0.478. The second kappa shape index (κ2) is 11.2. The minimum absolute atomic E-state index is 0.0866. The first kappa shape index (κ1) is 25.9. The summed E-state index contributed by atoms with van der Waals surface area (Å²) in [6.45, 7) is 10.1. The van der Waals surface area contributed by atoms with Gasteiger partial charge in [-0.2, -0.15) is 0 Å². The van der Waals surface area contributed by atoms with Crippen LogP contribution in [0.5, 0.6) is 0 Å². The maximum Gasteiger partial charge on any atom is 0.262 e. The van der Waals surface area contributed by atoms with Crippen molar-refractivity contribution in [3.05, 3.63) is 94.0 Å². The molecule has 0 aromatic heterocycles. The normalized spacial score (nSPS) is 14.4. The summed E-state index contributed by atoms with van der Waals surface area (Å²) in [5.41, 5.74) is 5.43. The van der Waals surface area contributed by atoms with Crippen molar-refractivity contribution in [1.29, 1.82) is 0 Å². The topological polar surface area (TPSA) is 87.7 Å². The number of carbonyl (C=O) groups excluding carboxylic acids is 1. The molecule has 0 saturated carbocycles. The number of ether oxygens (including phenoxy) is 1. The highest BCUT2D eigenvalue weighted by atomic mass is 32.2. The Bertz CT molecular complexity index is 1350. The van der Waals surface area contributed by atoms with Gasteiger partial charge in [-0.1, -0.05) is 42.5 Å². The zero-order valence-electron chi connectivity index (χ0n) is 21.0. The number of nitrogens with one attached hydrogen (secondary N) is 2. The second-order valence-corrected chi connectivity index (χ2v) is 10.9. The van der Waals surface area contributed by atoms with Crippen molar-refractivity contribution in [1.82, 2.24) is 10.2 Å².